The van der Waals surface area contributed by atoms with Crippen LogP contribution in [0, 0.1) is 5.92 Å². The van der Waals surface area contributed by atoms with Crippen LogP contribution < -0.4 is 11.1 Å². The third kappa shape index (κ3) is 2.00. The molecule has 0 heterocycles. The SMILES string of the molecule is CCCC1CC1Nc1ccccc1N. The summed E-state index contributed by atoms with van der Waals surface area (Å²) in [5.74, 6) is 0.875. The molecule has 0 saturated heterocycles. The summed E-state index contributed by atoms with van der Waals surface area (Å²) >= 11 is 0. The van der Waals surface area contributed by atoms with Crippen molar-refractivity contribution in [1.29, 1.82) is 0 Å². The highest BCUT2D eigenvalue weighted by Gasteiger charge is 2.35. The first-order valence-corrected chi connectivity index (χ1v) is 5.42. The van der Waals surface area contributed by atoms with E-state index in [1.807, 2.05) is 18.2 Å². The van der Waals surface area contributed by atoms with Crippen LogP contribution in [-0.4, -0.2) is 6.04 Å². The smallest absolute Gasteiger partial charge is 0.0576 e. The maximum absolute atomic E-state index is 5.85. The molecule has 0 bridgehead atoms. The third-order valence-corrected chi connectivity index (χ3v) is 2.88. The van der Waals surface area contributed by atoms with Crippen molar-refractivity contribution in [3.8, 4) is 0 Å². The molecule has 1 aromatic rings. The maximum atomic E-state index is 5.85. The Bertz CT molecular complexity index is 309. The summed E-state index contributed by atoms with van der Waals surface area (Å²) in [6.45, 7) is 2.24. The van der Waals surface area contributed by atoms with Gasteiger partial charge in [0.2, 0.25) is 0 Å². The minimum absolute atomic E-state index is 0.666. The summed E-state index contributed by atoms with van der Waals surface area (Å²) in [5, 5.41) is 3.49. The van der Waals surface area contributed by atoms with E-state index in [9.17, 15) is 0 Å². The predicted molar refractivity (Wildman–Crippen MR) is 61.3 cm³/mol. The van der Waals surface area contributed by atoms with Crippen LogP contribution in [0.25, 0.3) is 0 Å². The van der Waals surface area contributed by atoms with Crippen LogP contribution in [0.1, 0.15) is 26.2 Å². The van der Waals surface area contributed by atoms with Gasteiger partial charge in [-0.2, -0.15) is 0 Å². The molecule has 0 spiro atoms. The zero-order valence-electron chi connectivity index (χ0n) is 8.66. The average molecular weight is 190 g/mol. The molecule has 0 aliphatic heterocycles. The molecular weight excluding hydrogens is 172 g/mol. The number of anilines is 2. The highest BCUT2D eigenvalue weighted by Crippen LogP contribution is 2.38. The van der Waals surface area contributed by atoms with Gasteiger partial charge in [0.15, 0.2) is 0 Å². The molecule has 0 radical (unpaired) electrons. The largest absolute Gasteiger partial charge is 0.397 e. The van der Waals surface area contributed by atoms with Crippen molar-refractivity contribution in [3.05, 3.63) is 24.3 Å². The van der Waals surface area contributed by atoms with Gasteiger partial charge in [0, 0.05) is 6.04 Å². The molecule has 2 rings (SSSR count). The molecule has 0 amide bonds. The highest BCUT2D eigenvalue weighted by molar-refractivity contribution is 5.66. The fraction of sp³-hybridized carbons (Fsp3) is 0.500. The summed E-state index contributed by atoms with van der Waals surface area (Å²) < 4.78 is 0. The van der Waals surface area contributed by atoms with Gasteiger partial charge in [-0.15, -0.1) is 0 Å². The lowest BCUT2D eigenvalue weighted by Gasteiger charge is -2.08. The molecule has 2 nitrogen and oxygen atoms in total. The first-order chi connectivity index (χ1) is 6.81. The first kappa shape index (κ1) is 9.38. The first-order valence-electron chi connectivity index (χ1n) is 5.42. The second-order valence-corrected chi connectivity index (χ2v) is 4.12. The molecule has 1 aromatic carbocycles. The quantitative estimate of drug-likeness (QED) is 0.716. The number of nitrogen functional groups attached to an aromatic ring is 1. The molecule has 2 atom stereocenters. The molecule has 1 fully saturated rings. The van der Waals surface area contributed by atoms with Crippen molar-refractivity contribution in [2.75, 3.05) is 11.1 Å². The Labute approximate surface area is 85.5 Å². The van der Waals surface area contributed by atoms with E-state index in [4.69, 9.17) is 5.73 Å². The minimum Gasteiger partial charge on any atom is -0.397 e. The summed E-state index contributed by atoms with van der Waals surface area (Å²) in [4.78, 5) is 0. The van der Waals surface area contributed by atoms with E-state index in [2.05, 4.69) is 18.3 Å². The van der Waals surface area contributed by atoms with Gasteiger partial charge in [0.05, 0.1) is 11.4 Å². The van der Waals surface area contributed by atoms with E-state index < -0.39 is 0 Å². The van der Waals surface area contributed by atoms with Crippen molar-refractivity contribution in [2.45, 2.75) is 32.2 Å². The van der Waals surface area contributed by atoms with Crippen LogP contribution in [0.5, 0.6) is 0 Å². The van der Waals surface area contributed by atoms with Crippen LogP contribution in [-0.2, 0) is 0 Å². The molecule has 0 aromatic heterocycles. The van der Waals surface area contributed by atoms with Gasteiger partial charge >= 0.3 is 0 Å². The van der Waals surface area contributed by atoms with Crippen molar-refractivity contribution >= 4 is 11.4 Å². The number of benzene rings is 1. The van der Waals surface area contributed by atoms with Gasteiger partial charge in [-0.1, -0.05) is 25.5 Å². The second kappa shape index (κ2) is 3.91. The summed E-state index contributed by atoms with van der Waals surface area (Å²) in [5.41, 5.74) is 7.80. The molecular formula is C12H18N2. The maximum Gasteiger partial charge on any atom is 0.0576 e. The van der Waals surface area contributed by atoms with E-state index in [0.29, 0.717) is 6.04 Å². The number of hydrogen-bond donors (Lipinski definition) is 2. The molecule has 76 valence electrons. The normalized spacial score (nSPS) is 24.6. The van der Waals surface area contributed by atoms with Gasteiger partial charge in [0.1, 0.15) is 0 Å². The zero-order valence-corrected chi connectivity index (χ0v) is 8.66. The topological polar surface area (TPSA) is 38.0 Å². The van der Waals surface area contributed by atoms with Crippen LogP contribution in [0.4, 0.5) is 11.4 Å². The van der Waals surface area contributed by atoms with Crippen LogP contribution in [0.15, 0.2) is 24.3 Å². The fourth-order valence-electron chi connectivity index (χ4n) is 1.94. The summed E-state index contributed by atoms with van der Waals surface area (Å²) in [7, 11) is 0. The van der Waals surface area contributed by atoms with Gasteiger partial charge in [-0.05, 0) is 30.9 Å². The lowest BCUT2D eigenvalue weighted by atomic mass is 10.2. The van der Waals surface area contributed by atoms with Gasteiger partial charge in [0.25, 0.3) is 0 Å². The number of hydrogen-bond acceptors (Lipinski definition) is 2. The van der Waals surface area contributed by atoms with E-state index >= 15 is 0 Å². The standard InChI is InChI=1S/C12H18N2/c1-2-5-9-8-12(9)14-11-7-4-3-6-10(11)13/h3-4,6-7,9,12,14H,2,5,8,13H2,1H3. The monoisotopic (exact) mass is 190 g/mol. The predicted octanol–water partition coefficient (Wildman–Crippen LogP) is 2.87. The van der Waals surface area contributed by atoms with E-state index in [-0.39, 0.29) is 0 Å². The Morgan fingerprint density at radius 3 is 2.93 bits per heavy atom. The van der Waals surface area contributed by atoms with Crippen molar-refractivity contribution in [1.82, 2.24) is 0 Å². The van der Waals surface area contributed by atoms with E-state index in [1.54, 1.807) is 0 Å². The van der Waals surface area contributed by atoms with Crippen molar-refractivity contribution < 1.29 is 0 Å². The summed E-state index contributed by atoms with van der Waals surface area (Å²) in [6, 6.07) is 8.66. The summed E-state index contributed by atoms with van der Waals surface area (Å²) in [6.07, 6.45) is 3.93. The van der Waals surface area contributed by atoms with Crippen LogP contribution >= 0.6 is 0 Å². The van der Waals surface area contributed by atoms with E-state index in [0.717, 1.165) is 17.3 Å². The minimum atomic E-state index is 0.666. The molecule has 14 heavy (non-hydrogen) atoms. The van der Waals surface area contributed by atoms with Crippen molar-refractivity contribution in [2.24, 2.45) is 5.92 Å². The second-order valence-electron chi connectivity index (χ2n) is 4.12. The van der Waals surface area contributed by atoms with Gasteiger partial charge in [-0.25, -0.2) is 0 Å². The van der Waals surface area contributed by atoms with Gasteiger partial charge < -0.3 is 11.1 Å². The lowest BCUT2D eigenvalue weighted by Crippen LogP contribution is -2.06. The molecule has 2 unspecified atom stereocenters. The number of rotatable bonds is 4. The molecule has 3 N–H and O–H groups in total. The van der Waals surface area contributed by atoms with E-state index in [1.165, 1.54) is 19.3 Å². The Morgan fingerprint density at radius 2 is 2.21 bits per heavy atom. The van der Waals surface area contributed by atoms with Crippen molar-refractivity contribution in [3.63, 3.8) is 0 Å². The zero-order chi connectivity index (χ0) is 9.97. The van der Waals surface area contributed by atoms with Crippen LogP contribution in [0.3, 0.4) is 0 Å². The lowest BCUT2D eigenvalue weighted by molar-refractivity contribution is 0.693. The van der Waals surface area contributed by atoms with Crippen LogP contribution in [0.2, 0.25) is 0 Å². The Kier molecular flexibility index (Phi) is 2.62. The number of nitrogens with two attached hydrogens (primary N) is 1. The molecule has 2 heteroatoms. The molecule has 1 saturated carbocycles. The Morgan fingerprint density at radius 1 is 1.43 bits per heavy atom. The third-order valence-electron chi connectivity index (χ3n) is 2.88. The Hall–Kier alpha value is -1.18. The highest BCUT2D eigenvalue weighted by atomic mass is 15.0. The number of para-hydroxylation sites is 2. The fourth-order valence-corrected chi connectivity index (χ4v) is 1.94. The number of nitrogens with one attached hydrogen (secondary N) is 1. The molecule has 1 aliphatic carbocycles. The van der Waals surface area contributed by atoms with Gasteiger partial charge in [-0.3, -0.25) is 0 Å². The average Bonchev–Trinajstić information content (AvgIpc) is 2.89. The Balaban J connectivity index is 1.90. The molecule has 1 aliphatic rings.